The van der Waals surface area contributed by atoms with E-state index in [-0.39, 0.29) is 5.91 Å². The number of nitrogens with one attached hydrogen (secondary N) is 1. The lowest BCUT2D eigenvalue weighted by molar-refractivity contribution is -0.115. The number of amides is 1. The van der Waals surface area contributed by atoms with E-state index in [2.05, 4.69) is 5.32 Å². The molecule has 21 heavy (non-hydrogen) atoms. The monoisotopic (exact) mass is 337 g/mol. The van der Waals surface area contributed by atoms with Crippen LogP contribution in [0.3, 0.4) is 0 Å². The Hall–Kier alpha value is -1.10. The molecule has 0 bridgehead atoms. The fourth-order valence-electron chi connectivity index (χ4n) is 1.69. The molecule has 0 fully saturated rings. The summed E-state index contributed by atoms with van der Waals surface area (Å²) in [6.45, 7) is 0. The first-order chi connectivity index (χ1) is 10.2. The lowest BCUT2D eigenvalue weighted by Gasteiger charge is -2.06. The summed E-state index contributed by atoms with van der Waals surface area (Å²) >= 11 is 9.17. The molecular weight excluding hydrogens is 322 g/mol. The number of carbonyl (C=O) groups is 1. The minimum Gasteiger partial charge on any atom is -0.326 e. The number of benzene rings is 2. The highest BCUT2D eigenvalue weighted by atomic mass is 35.5. The van der Waals surface area contributed by atoms with Crippen LogP contribution in [0.2, 0.25) is 5.02 Å². The van der Waals surface area contributed by atoms with E-state index in [1.807, 2.05) is 54.8 Å². The molecule has 0 saturated heterocycles. The molecule has 110 valence electrons. The Morgan fingerprint density at radius 3 is 2.29 bits per heavy atom. The zero-order valence-corrected chi connectivity index (χ0v) is 14.0. The van der Waals surface area contributed by atoms with Crippen LogP contribution < -0.4 is 5.32 Å². The van der Waals surface area contributed by atoms with Crippen molar-refractivity contribution >= 4 is 46.7 Å². The molecule has 0 unspecified atom stereocenters. The molecule has 0 aliphatic heterocycles. The normalized spacial score (nSPS) is 10.4. The Balaban J connectivity index is 1.75. The van der Waals surface area contributed by atoms with Crippen LogP contribution in [0.15, 0.2) is 58.3 Å². The van der Waals surface area contributed by atoms with Crippen molar-refractivity contribution in [1.29, 1.82) is 0 Å². The Labute approximate surface area is 138 Å². The summed E-state index contributed by atoms with van der Waals surface area (Å²) in [6.07, 6.45) is 2.51. The van der Waals surface area contributed by atoms with E-state index < -0.39 is 0 Å². The number of hydrogen-bond acceptors (Lipinski definition) is 3. The third kappa shape index (κ3) is 5.65. The largest absolute Gasteiger partial charge is 0.326 e. The van der Waals surface area contributed by atoms with Gasteiger partial charge in [-0.15, -0.1) is 23.5 Å². The minimum absolute atomic E-state index is 0.0355. The van der Waals surface area contributed by atoms with Gasteiger partial charge >= 0.3 is 0 Å². The molecule has 1 N–H and O–H groups in total. The minimum atomic E-state index is 0.0355. The van der Waals surface area contributed by atoms with Crippen LogP contribution in [-0.4, -0.2) is 17.9 Å². The molecular formula is C16H16ClNOS2. The molecule has 0 heterocycles. The van der Waals surface area contributed by atoms with Gasteiger partial charge in [0, 0.05) is 32.7 Å². The summed E-state index contributed by atoms with van der Waals surface area (Å²) in [4.78, 5) is 14.2. The van der Waals surface area contributed by atoms with Gasteiger partial charge in [-0.05, 0) is 54.8 Å². The molecule has 5 heteroatoms. The molecule has 0 spiro atoms. The zero-order valence-electron chi connectivity index (χ0n) is 11.6. The standard InChI is InChI=1S/C16H16ClNOS2/c1-20-14-8-4-13(5-9-14)18-16(19)10-11-21-15-6-2-12(17)3-7-15/h2-9H,10-11H2,1H3,(H,18,19). The average Bonchev–Trinajstić information content (AvgIpc) is 2.50. The van der Waals surface area contributed by atoms with Gasteiger partial charge in [0.25, 0.3) is 0 Å². The second-order valence-corrected chi connectivity index (χ2v) is 6.81. The molecule has 2 rings (SSSR count). The van der Waals surface area contributed by atoms with Crippen molar-refractivity contribution < 1.29 is 4.79 Å². The van der Waals surface area contributed by atoms with Crippen LogP contribution in [0.25, 0.3) is 0 Å². The van der Waals surface area contributed by atoms with Gasteiger partial charge in [0.15, 0.2) is 0 Å². The van der Waals surface area contributed by atoms with E-state index in [1.165, 1.54) is 4.90 Å². The molecule has 2 aromatic carbocycles. The number of anilines is 1. The van der Waals surface area contributed by atoms with Crippen LogP contribution >= 0.6 is 35.1 Å². The predicted molar refractivity (Wildman–Crippen MR) is 93.6 cm³/mol. The third-order valence-corrected chi connectivity index (χ3v) is 4.79. The highest BCUT2D eigenvalue weighted by molar-refractivity contribution is 7.99. The predicted octanol–water partition coefficient (Wildman–Crippen LogP) is 5.18. The Morgan fingerprint density at radius 2 is 1.67 bits per heavy atom. The molecule has 0 aromatic heterocycles. The first-order valence-corrected chi connectivity index (χ1v) is 9.08. The Kier molecular flexibility index (Phi) is 6.49. The van der Waals surface area contributed by atoms with Gasteiger partial charge in [-0.25, -0.2) is 0 Å². The van der Waals surface area contributed by atoms with E-state index in [0.29, 0.717) is 6.42 Å². The SMILES string of the molecule is CSc1ccc(NC(=O)CCSc2ccc(Cl)cc2)cc1. The highest BCUT2D eigenvalue weighted by Gasteiger charge is 2.03. The van der Waals surface area contributed by atoms with E-state index in [0.717, 1.165) is 21.4 Å². The maximum absolute atomic E-state index is 11.9. The van der Waals surface area contributed by atoms with Crippen molar-refractivity contribution in [1.82, 2.24) is 0 Å². The van der Waals surface area contributed by atoms with Gasteiger partial charge in [-0.3, -0.25) is 4.79 Å². The first kappa shape index (κ1) is 16.3. The second-order valence-electron chi connectivity index (χ2n) is 4.33. The number of carbonyl (C=O) groups excluding carboxylic acids is 1. The average molecular weight is 338 g/mol. The molecule has 0 aliphatic carbocycles. The van der Waals surface area contributed by atoms with E-state index >= 15 is 0 Å². The van der Waals surface area contributed by atoms with Crippen molar-refractivity contribution in [3.63, 3.8) is 0 Å². The molecule has 0 saturated carbocycles. The topological polar surface area (TPSA) is 29.1 Å². The molecule has 0 atom stereocenters. The van der Waals surface area contributed by atoms with Gasteiger partial charge in [0.05, 0.1) is 0 Å². The van der Waals surface area contributed by atoms with Crippen LogP contribution in [0.5, 0.6) is 0 Å². The Bertz CT molecular complexity index is 584. The van der Waals surface area contributed by atoms with Crippen LogP contribution in [0, 0.1) is 0 Å². The summed E-state index contributed by atoms with van der Waals surface area (Å²) in [5.74, 6) is 0.782. The zero-order chi connectivity index (χ0) is 15.1. The summed E-state index contributed by atoms with van der Waals surface area (Å²) in [6, 6.07) is 15.5. The number of halogens is 1. The maximum Gasteiger partial charge on any atom is 0.225 e. The van der Waals surface area contributed by atoms with Gasteiger partial charge in [0.2, 0.25) is 5.91 Å². The lowest BCUT2D eigenvalue weighted by Crippen LogP contribution is -2.11. The number of hydrogen-bond donors (Lipinski definition) is 1. The van der Waals surface area contributed by atoms with E-state index in [9.17, 15) is 4.79 Å². The quantitative estimate of drug-likeness (QED) is 0.736. The van der Waals surface area contributed by atoms with Gasteiger partial charge in [-0.1, -0.05) is 11.6 Å². The van der Waals surface area contributed by atoms with Crippen LogP contribution in [0.1, 0.15) is 6.42 Å². The number of rotatable bonds is 6. The van der Waals surface area contributed by atoms with Crippen molar-refractivity contribution in [2.75, 3.05) is 17.3 Å². The van der Waals surface area contributed by atoms with Crippen molar-refractivity contribution in [3.8, 4) is 0 Å². The fraction of sp³-hybridized carbons (Fsp3) is 0.188. The van der Waals surface area contributed by atoms with Crippen molar-refractivity contribution in [2.45, 2.75) is 16.2 Å². The summed E-state index contributed by atoms with van der Waals surface area (Å²) in [5, 5.41) is 3.63. The summed E-state index contributed by atoms with van der Waals surface area (Å²) in [5.41, 5.74) is 0.842. The molecule has 2 aromatic rings. The molecule has 2 nitrogen and oxygen atoms in total. The van der Waals surface area contributed by atoms with Gasteiger partial charge in [0.1, 0.15) is 0 Å². The number of thioether (sulfide) groups is 2. The molecule has 0 radical (unpaired) electrons. The maximum atomic E-state index is 11.9. The molecule has 0 aliphatic rings. The lowest BCUT2D eigenvalue weighted by atomic mass is 10.3. The van der Waals surface area contributed by atoms with Gasteiger partial charge in [-0.2, -0.15) is 0 Å². The Morgan fingerprint density at radius 1 is 1.05 bits per heavy atom. The summed E-state index contributed by atoms with van der Waals surface area (Å²) in [7, 11) is 0. The van der Waals surface area contributed by atoms with Crippen molar-refractivity contribution in [3.05, 3.63) is 53.6 Å². The van der Waals surface area contributed by atoms with Crippen LogP contribution in [0.4, 0.5) is 5.69 Å². The van der Waals surface area contributed by atoms with Gasteiger partial charge < -0.3 is 5.32 Å². The smallest absolute Gasteiger partial charge is 0.225 e. The van der Waals surface area contributed by atoms with E-state index in [4.69, 9.17) is 11.6 Å². The van der Waals surface area contributed by atoms with Crippen molar-refractivity contribution in [2.24, 2.45) is 0 Å². The van der Waals surface area contributed by atoms with Crippen LogP contribution in [-0.2, 0) is 4.79 Å². The second kappa shape index (κ2) is 8.37. The van der Waals surface area contributed by atoms with E-state index in [1.54, 1.807) is 23.5 Å². The third-order valence-electron chi connectivity index (χ3n) is 2.79. The first-order valence-electron chi connectivity index (χ1n) is 6.49. The fourth-order valence-corrected chi connectivity index (χ4v) is 3.08. The summed E-state index contributed by atoms with van der Waals surface area (Å²) < 4.78 is 0. The molecule has 1 amide bonds. The highest BCUT2D eigenvalue weighted by Crippen LogP contribution is 2.21.